The molecule has 4 heteroatoms. The van der Waals surface area contributed by atoms with Crippen molar-refractivity contribution in [2.24, 2.45) is 0 Å². The molecule has 0 radical (unpaired) electrons. The summed E-state index contributed by atoms with van der Waals surface area (Å²) in [6, 6.07) is 12.9. The lowest BCUT2D eigenvalue weighted by atomic mass is 10.2. The molecule has 3 aromatic rings. The number of rotatable bonds is 2. The second kappa shape index (κ2) is 4.40. The van der Waals surface area contributed by atoms with Crippen molar-refractivity contribution in [1.29, 1.82) is 0 Å². The number of aromatic nitrogens is 2. The predicted octanol–water partition coefficient (Wildman–Crippen LogP) is 2.53. The number of hydrogen-bond acceptors (Lipinski definition) is 3. The molecule has 0 aliphatic heterocycles. The molecule has 0 saturated heterocycles. The summed E-state index contributed by atoms with van der Waals surface area (Å²) in [5.74, 6) is 0.172. The number of benzene rings is 2. The maximum absolute atomic E-state index is 9.57. The zero-order chi connectivity index (χ0) is 13.4. The van der Waals surface area contributed by atoms with Crippen LogP contribution in [0.5, 0.6) is 5.75 Å². The number of hydrogen-bond donors (Lipinski definition) is 2. The Hall–Kier alpha value is -2.33. The van der Waals surface area contributed by atoms with Gasteiger partial charge >= 0.3 is 0 Å². The second-order valence-corrected chi connectivity index (χ2v) is 4.55. The fourth-order valence-electron chi connectivity index (χ4n) is 2.18. The highest BCUT2D eigenvalue weighted by molar-refractivity contribution is 5.83. The van der Waals surface area contributed by atoms with E-state index in [4.69, 9.17) is 0 Å². The van der Waals surface area contributed by atoms with Crippen LogP contribution in [0.2, 0.25) is 0 Å². The Morgan fingerprint density at radius 1 is 1.11 bits per heavy atom. The van der Waals surface area contributed by atoms with Crippen LogP contribution in [0.4, 0.5) is 0 Å². The number of phenolic OH excluding ortho intramolecular Hbond substituents is 1. The molecule has 96 valence electrons. The van der Waals surface area contributed by atoms with Gasteiger partial charge in [0, 0.05) is 5.39 Å². The number of nitrogens with zero attached hydrogens (tertiary/aromatic N) is 2. The molecule has 4 nitrogen and oxygen atoms in total. The van der Waals surface area contributed by atoms with Gasteiger partial charge in [-0.25, -0.2) is 4.68 Å². The number of phenols is 1. The minimum atomic E-state index is -0.131. The summed E-state index contributed by atoms with van der Waals surface area (Å²) in [7, 11) is 0. The fourth-order valence-corrected chi connectivity index (χ4v) is 2.18. The van der Waals surface area contributed by atoms with E-state index in [9.17, 15) is 10.2 Å². The van der Waals surface area contributed by atoms with Gasteiger partial charge in [0.05, 0.1) is 23.5 Å². The Bertz CT molecular complexity index is 730. The normalized spacial score (nSPS) is 11.1. The number of aryl methyl sites for hydroxylation is 1. The summed E-state index contributed by atoms with van der Waals surface area (Å²) in [5.41, 5.74) is 3.49. The fraction of sp³-hybridized carbons (Fsp3) is 0.133. The van der Waals surface area contributed by atoms with Gasteiger partial charge < -0.3 is 10.2 Å². The van der Waals surface area contributed by atoms with E-state index in [0.29, 0.717) is 5.69 Å². The lowest BCUT2D eigenvalue weighted by Crippen LogP contribution is -2.01. The van der Waals surface area contributed by atoms with Crippen LogP contribution in [0.1, 0.15) is 11.3 Å². The molecular weight excluding hydrogens is 240 g/mol. The zero-order valence-electron chi connectivity index (χ0n) is 10.5. The highest BCUT2D eigenvalue weighted by Gasteiger charge is 2.12. The SMILES string of the molecule is Cc1ccc(-n2nc3ccc(O)cc3c2CO)cc1. The van der Waals surface area contributed by atoms with Crippen LogP contribution in [0.3, 0.4) is 0 Å². The van der Waals surface area contributed by atoms with Gasteiger partial charge in [0.2, 0.25) is 0 Å². The molecule has 2 aromatic carbocycles. The largest absolute Gasteiger partial charge is 0.508 e. The Labute approximate surface area is 110 Å². The van der Waals surface area contributed by atoms with Crippen LogP contribution in [-0.2, 0) is 6.61 Å². The maximum Gasteiger partial charge on any atom is 0.116 e. The average Bonchev–Trinajstić information content (AvgIpc) is 2.77. The average molecular weight is 254 g/mol. The van der Waals surface area contributed by atoms with Crippen molar-refractivity contribution in [2.75, 3.05) is 0 Å². The number of aromatic hydroxyl groups is 1. The van der Waals surface area contributed by atoms with Gasteiger partial charge in [0.15, 0.2) is 0 Å². The standard InChI is InChI=1S/C15H14N2O2/c1-10-2-4-11(5-3-10)17-15(9-18)13-8-12(19)6-7-14(13)16-17/h2-8,18-19H,9H2,1H3. The van der Waals surface area contributed by atoms with Crippen molar-refractivity contribution in [3.63, 3.8) is 0 Å². The van der Waals surface area contributed by atoms with Gasteiger partial charge in [-0.15, -0.1) is 0 Å². The van der Waals surface area contributed by atoms with Crippen LogP contribution < -0.4 is 0 Å². The summed E-state index contributed by atoms with van der Waals surface area (Å²) in [6.07, 6.45) is 0. The molecule has 0 aliphatic carbocycles. The molecule has 0 amide bonds. The molecule has 19 heavy (non-hydrogen) atoms. The maximum atomic E-state index is 9.57. The summed E-state index contributed by atoms with van der Waals surface area (Å²) in [4.78, 5) is 0. The van der Waals surface area contributed by atoms with Gasteiger partial charge in [0.25, 0.3) is 0 Å². The van der Waals surface area contributed by atoms with Gasteiger partial charge in [0.1, 0.15) is 5.75 Å². The third-order valence-electron chi connectivity index (χ3n) is 3.18. The Balaban J connectivity index is 2.25. The molecule has 0 spiro atoms. The van der Waals surface area contributed by atoms with E-state index in [1.165, 1.54) is 5.56 Å². The van der Waals surface area contributed by atoms with E-state index < -0.39 is 0 Å². The van der Waals surface area contributed by atoms with E-state index in [0.717, 1.165) is 16.6 Å². The van der Waals surface area contributed by atoms with E-state index in [2.05, 4.69) is 5.10 Å². The molecule has 3 rings (SSSR count). The first kappa shape index (κ1) is 11.7. The number of fused-ring (bicyclic) bond motifs is 1. The Kier molecular flexibility index (Phi) is 2.72. The smallest absolute Gasteiger partial charge is 0.116 e. The molecular formula is C15H14N2O2. The lowest BCUT2D eigenvalue weighted by Gasteiger charge is -2.05. The molecule has 0 atom stereocenters. The van der Waals surface area contributed by atoms with Crippen molar-refractivity contribution < 1.29 is 10.2 Å². The predicted molar refractivity (Wildman–Crippen MR) is 73.4 cm³/mol. The summed E-state index contributed by atoms with van der Waals surface area (Å²) >= 11 is 0. The second-order valence-electron chi connectivity index (χ2n) is 4.55. The highest BCUT2D eigenvalue weighted by atomic mass is 16.3. The van der Waals surface area contributed by atoms with Crippen LogP contribution >= 0.6 is 0 Å². The van der Waals surface area contributed by atoms with Crippen LogP contribution in [0.25, 0.3) is 16.6 Å². The topological polar surface area (TPSA) is 58.3 Å². The third kappa shape index (κ3) is 1.96. The van der Waals surface area contributed by atoms with E-state index in [-0.39, 0.29) is 12.4 Å². The van der Waals surface area contributed by atoms with Gasteiger partial charge in [-0.1, -0.05) is 17.7 Å². The van der Waals surface area contributed by atoms with Crippen LogP contribution in [0.15, 0.2) is 42.5 Å². The van der Waals surface area contributed by atoms with Crippen molar-refractivity contribution >= 4 is 10.9 Å². The van der Waals surface area contributed by atoms with E-state index >= 15 is 0 Å². The summed E-state index contributed by atoms with van der Waals surface area (Å²) in [6.45, 7) is 1.89. The van der Waals surface area contributed by atoms with Crippen molar-refractivity contribution in [1.82, 2.24) is 9.78 Å². The van der Waals surface area contributed by atoms with Gasteiger partial charge in [-0.2, -0.15) is 5.10 Å². The molecule has 1 heterocycles. The highest BCUT2D eigenvalue weighted by Crippen LogP contribution is 2.25. The number of aliphatic hydroxyl groups excluding tert-OH is 1. The zero-order valence-corrected chi connectivity index (χ0v) is 10.5. The first-order valence-electron chi connectivity index (χ1n) is 6.07. The van der Waals surface area contributed by atoms with E-state index in [1.807, 2.05) is 31.2 Å². The minimum Gasteiger partial charge on any atom is -0.508 e. The molecule has 0 unspecified atom stereocenters. The van der Waals surface area contributed by atoms with Crippen molar-refractivity contribution in [3.05, 3.63) is 53.7 Å². The molecule has 2 N–H and O–H groups in total. The first-order chi connectivity index (χ1) is 9.19. The first-order valence-corrected chi connectivity index (χ1v) is 6.07. The van der Waals surface area contributed by atoms with Crippen molar-refractivity contribution in [3.8, 4) is 11.4 Å². The molecule has 0 saturated carbocycles. The lowest BCUT2D eigenvalue weighted by molar-refractivity contribution is 0.274. The monoisotopic (exact) mass is 254 g/mol. The minimum absolute atomic E-state index is 0.131. The van der Waals surface area contributed by atoms with Crippen LogP contribution in [-0.4, -0.2) is 20.0 Å². The van der Waals surface area contributed by atoms with Crippen molar-refractivity contribution in [2.45, 2.75) is 13.5 Å². The number of aliphatic hydroxyl groups is 1. The Morgan fingerprint density at radius 3 is 2.53 bits per heavy atom. The van der Waals surface area contributed by atoms with Crippen LogP contribution in [0, 0.1) is 6.92 Å². The molecule has 0 aliphatic rings. The molecule has 0 bridgehead atoms. The van der Waals surface area contributed by atoms with Gasteiger partial charge in [-0.05, 0) is 37.3 Å². The summed E-state index contributed by atoms with van der Waals surface area (Å²) < 4.78 is 1.71. The molecule has 1 aromatic heterocycles. The Morgan fingerprint density at radius 2 is 1.84 bits per heavy atom. The quantitative estimate of drug-likeness (QED) is 0.738. The summed E-state index contributed by atoms with van der Waals surface area (Å²) in [5, 5.41) is 24.4. The van der Waals surface area contributed by atoms with E-state index in [1.54, 1.807) is 22.9 Å². The molecule has 0 fully saturated rings. The van der Waals surface area contributed by atoms with Gasteiger partial charge in [-0.3, -0.25) is 0 Å². The third-order valence-corrected chi connectivity index (χ3v) is 3.18.